The zero-order valence-electron chi connectivity index (χ0n) is 8.74. The van der Waals surface area contributed by atoms with Crippen LogP contribution in [0.1, 0.15) is 19.3 Å². The van der Waals surface area contributed by atoms with E-state index < -0.39 is 0 Å². The number of rotatable bonds is 1. The highest BCUT2D eigenvalue weighted by molar-refractivity contribution is 7.99. The van der Waals surface area contributed by atoms with Crippen LogP contribution in [-0.2, 0) is 0 Å². The van der Waals surface area contributed by atoms with Gasteiger partial charge in [-0.15, -0.1) is 0 Å². The lowest BCUT2D eigenvalue weighted by atomic mass is 10.0. The molecule has 0 bridgehead atoms. The molecule has 0 saturated carbocycles. The van der Waals surface area contributed by atoms with E-state index in [0.29, 0.717) is 0 Å². The third-order valence-electron chi connectivity index (χ3n) is 4.15. The van der Waals surface area contributed by atoms with Gasteiger partial charge in [-0.3, -0.25) is 4.90 Å². The second-order valence-corrected chi connectivity index (χ2v) is 6.08. The van der Waals surface area contributed by atoms with Crippen LogP contribution in [0, 0.1) is 5.92 Å². The Hall–Kier alpha value is 0.270. The van der Waals surface area contributed by atoms with Crippen LogP contribution in [0.3, 0.4) is 0 Å². The van der Waals surface area contributed by atoms with Gasteiger partial charge in [0.1, 0.15) is 0 Å². The first-order chi connectivity index (χ1) is 6.95. The highest BCUT2D eigenvalue weighted by Gasteiger charge is 2.40. The van der Waals surface area contributed by atoms with E-state index >= 15 is 0 Å². The van der Waals surface area contributed by atoms with E-state index in [0.717, 1.165) is 18.0 Å². The molecule has 0 amide bonds. The van der Waals surface area contributed by atoms with Gasteiger partial charge < -0.3 is 5.32 Å². The highest BCUT2D eigenvalue weighted by Crippen LogP contribution is 2.33. The van der Waals surface area contributed by atoms with Crippen molar-refractivity contribution in [1.29, 1.82) is 0 Å². The second-order valence-electron chi connectivity index (χ2n) is 4.86. The first-order valence-corrected chi connectivity index (χ1v) is 7.15. The second kappa shape index (κ2) is 4.03. The van der Waals surface area contributed by atoms with E-state index in [1.54, 1.807) is 0 Å². The number of likely N-dealkylation sites (tertiary alicyclic amines) is 1. The van der Waals surface area contributed by atoms with E-state index in [1.165, 1.54) is 50.4 Å². The van der Waals surface area contributed by atoms with Gasteiger partial charge in [0.2, 0.25) is 0 Å². The molecule has 2 nitrogen and oxygen atoms in total. The predicted molar refractivity (Wildman–Crippen MR) is 61.8 cm³/mol. The van der Waals surface area contributed by atoms with Crippen LogP contribution in [0.5, 0.6) is 0 Å². The predicted octanol–water partition coefficient (Wildman–Crippen LogP) is 1.18. The summed E-state index contributed by atoms with van der Waals surface area (Å²) in [4.78, 5) is 2.82. The molecule has 1 N–H and O–H groups in total. The van der Waals surface area contributed by atoms with Gasteiger partial charge in [-0.05, 0) is 49.8 Å². The summed E-state index contributed by atoms with van der Waals surface area (Å²) in [6.45, 7) is 3.92. The number of thioether (sulfide) groups is 1. The summed E-state index contributed by atoms with van der Waals surface area (Å²) < 4.78 is 0. The lowest BCUT2D eigenvalue weighted by Gasteiger charge is -2.34. The Kier molecular flexibility index (Phi) is 2.73. The molecule has 2 atom stereocenters. The zero-order chi connectivity index (χ0) is 9.38. The fourth-order valence-corrected chi connectivity index (χ4v) is 4.43. The molecular weight excluding hydrogens is 192 g/mol. The fraction of sp³-hybridized carbons (Fsp3) is 1.00. The summed E-state index contributed by atoms with van der Waals surface area (Å²) in [5, 5.41) is 3.55. The quantitative estimate of drug-likeness (QED) is 0.702. The monoisotopic (exact) mass is 212 g/mol. The molecule has 0 aromatic rings. The van der Waals surface area contributed by atoms with Gasteiger partial charge in [-0.1, -0.05) is 0 Å². The molecule has 0 unspecified atom stereocenters. The maximum atomic E-state index is 3.55. The molecule has 80 valence electrons. The summed E-state index contributed by atoms with van der Waals surface area (Å²) in [5.74, 6) is 3.77. The minimum absolute atomic E-state index is 0.892. The highest BCUT2D eigenvalue weighted by atomic mass is 32.2. The standard InChI is InChI=1S/C11H20N2S/c1-4-13(10-2-5-14-6-3-10)11-8-12-7-9(1)11/h9-12H,1-8H2/t9-,11+/m0/s1. The van der Waals surface area contributed by atoms with Gasteiger partial charge >= 0.3 is 0 Å². The number of hydrogen-bond acceptors (Lipinski definition) is 3. The maximum Gasteiger partial charge on any atom is 0.0264 e. The largest absolute Gasteiger partial charge is 0.315 e. The summed E-state index contributed by atoms with van der Waals surface area (Å²) in [6.07, 6.45) is 4.32. The van der Waals surface area contributed by atoms with Crippen molar-refractivity contribution in [1.82, 2.24) is 10.2 Å². The minimum atomic E-state index is 0.892. The van der Waals surface area contributed by atoms with Crippen molar-refractivity contribution >= 4 is 11.8 Å². The number of nitrogens with zero attached hydrogens (tertiary/aromatic N) is 1. The molecule has 3 heterocycles. The number of nitrogens with one attached hydrogen (secondary N) is 1. The Morgan fingerprint density at radius 1 is 1.07 bits per heavy atom. The molecular formula is C11H20N2S. The Labute approximate surface area is 90.8 Å². The fourth-order valence-electron chi connectivity index (χ4n) is 3.35. The van der Waals surface area contributed by atoms with Crippen LogP contribution in [0.4, 0.5) is 0 Å². The summed E-state index contributed by atoms with van der Waals surface area (Å²) in [5.41, 5.74) is 0. The molecule has 3 aliphatic heterocycles. The van der Waals surface area contributed by atoms with E-state index in [9.17, 15) is 0 Å². The van der Waals surface area contributed by atoms with E-state index in [2.05, 4.69) is 22.0 Å². The van der Waals surface area contributed by atoms with Gasteiger partial charge in [0, 0.05) is 18.6 Å². The van der Waals surface area contributed by atoms with Crippen LogP contribution >= 0.6 is 11.8 Å². The van der Waals surface area contributed by atoms with Gasteiger partial charge in [-0.2, -0.15) is 11.8 Å². The Morgan fingerprint density at radius 2 is 1.93 bits per heavy atom. The third kappa shape index (κ3) is 1.59. The Balaban J connectivity index is 1.66. The van der Waals surface area contributed by atoms with E-state index in [4.69, 9.17) is 0 Å². The maximum absolute atomic E-state index is 3.55. The van der Waals surface area contributed by atoms with Crippen LogP contribution in [0.25, 0.3) is 0 Å². The van der Waals surface area contributed by atoms with Crippen molar-refractivity contribution in [3.8, 4) is 0 Å². The van der Waals surface area contributed by atoms with Crippen molar-refractivity contribution < 1.29 is 0 Å². The molecule has 3 heteroatoms. The van der Waals surface area contributed by atoms with Crippen LogP contribution in [-0.4, -0.2) is 48.1 Å². The van der Waals surface area contributed by atoms with E-state index in [1.807, 2.05) is 0 Å². The molecule has 0 aromatic heterocycles. The molecule has 0 radical (unpaired) electrons. The first kappa shape index (κ1) is 9.49. The van der Waals surface area contributed by atoms with Gasteiger partial charge in [0.15, 0.2) is 0 Å². The molecule has 0 aromatic carbocycles. The molecule has 3 saturated heterocycles. The summed E-state index contributed by atoms with van der Waals surface area (Å²) in [6, 6.07) is 1.81. The SMILES string of the molecule is C1CC(N2CC[C@H]3CNC[C@H]32)CCS1. The smallest absolute Gasteiger partial charge is 0.0264 e. The number of hydrogen-bond donors (Lipinski definition) is 1. The first-order valence-electron chi connectivity index (χ1n) is 5.99. The molecule has 3 aliphatic rings. The Morgan fingerprint density at radius 3 is 2.79 bits per heavy atom. The van der Waals surface area contributed by atoms with Crippen molar-refractivity contribution in [2.24, 2.45) is 5.92 Å². The minimum Gasteiger partial charge on any atom is -0.315 e. The molecule has 3 rings (SSSR count). The van der Waals surface area contributed by atoms with E-state index in [-0.39, 0.29) is 0 Å². The molecule has 0 spiro atoms. The lowest BCUT2D eigenvalue weighted by molar-refractivity contribution is 0.169. The number of fused-ring (bicyclic) bond motifs is 1. The summed E-state index contributed by atoms with van der Waals surface area (Å²) in [7, 11) is 0. The van der Waals surface area contributed by atoms with Gasteiger partial charge in [0.25, 0.3) is 0 Å². The van der Waals surface area contributed by atoms with Gasteiger partial charge in [-0.25, -0.2) is 0 Å². The van der Waals surface area contributed by atoms with Crippen molar-refractivity contribution in [3.05, 3.63) is 0 Å². The van der Waals surface area contributed by atoms with Crippen molar-refractivity contribution in [2.45, 2.75) is 31.3 Å². The average Bonchev–Trinajstić information content (AvgIpc) is 2.79. The van der Waals surface area contributed by atoms with Crippen molar-refractivity contribution in [3.63, 3.8) is 0 Å². The molecule has 14 heavy (non-hydrogen) atoms. The van der Waals surface area contributed by atoms with Crippen LogP contribution in [0.15, 0.2) is 0 Å². The van der Waals surface area contributed by atoms with Crippen molar-refractivity contribution in [2.75, 3.05) is 31.1 Å². The lowest BCUT2D eigenvalue weighted by Crippen LogP contribution is -2.43. The average molecular weight is 212 g/mol. The molecule has 0 aliphatic carbocycles. The summed E-state index contributed by atoms with van der Waals surface area (Å²) >= 11 is 2.14. The Bertz CT molecular complexity index is 203. The zero-order valence-corrected chi connectivity index (χ0v) is 9.56. The van der Waals surface area contributed by atoms with Crippen LogP contribution < -0.4 is 5.32 Å². The molecule has 3 fully saturated rings. The third-order valence-corrected chi connectivity index (χ3v) is 5.20. The topological polar surface area (TPSA) is 15.3 Å². The van der Waals surface area contributed by atoms with Crippen LogP contribution in [0.2, 0.25) is 0 Å². The van der Waals surface area contributed by atoms with Gasteiger partial charge in [0.05, 0.1) is 0 Å². The normalized spacial score (nSPS) is 40.3.